The number of nitrogens with two attached hydrogens (primary N) is 1. The van der Waals surface area contributed by atoms with Gasteiger partial charge in [0.05, 0.1) is 6.04 Å². The Morgan fingerprint density at radius 3 is 2.65 bits per heavy atom. The normalized spacial score (nSPS) is 25.3. The third-order valence-corrected chi connectivity index (χ3v) is 4.22. The van der Waals surface area contributed by atoms with E-state index in [1.165, 1.54) is 0 Å². The highest BCUT2D eigenvalue weighted by atomic mass is 16.2. The van der Waals surface area contributed by atoms with Crippen LogP contribution in [0.4, 0.5) is 0 Å². The van der Waals surface area contributed by atoms with Gasteiger partial charge in [0, 0.05) is 13.0 Å². The van der Waals surface area contributed by atoms with Gasteiger partial charge >= 0.3 is 0 Å². The molecule has 0 aliphatic carbocycles. The number of amides is 2. The van der Waals surface area contributed by atoms with Crippen molar-refractivity contribution in [3.05, 3.63) is 35.4 Å². The highest BCUT2D eigenvalue weighted by molar-refractivity contribution is 5.90. The van der Waals surface area contributed by atoms with Crippen molar-refractivity contribution in [1.82, 2.24) is 10.2 Å². The first-order valence-corrected chi connectivity index (χ1v) is 7.07. The fourth-order valence-corrected chi connectivity index (χ4v) is 3.10. The summed E-state index contributed by atoms with van der Waals surface area (Å²) in [5, 5.41) is 3.19. The van der Waals surface area contributed by atoms with E-state index in [9.17, 15) is 9.59 Å². The number of carbonyl (C=O) groups is 2. The SMILES string of the molecule is NC(=O)[C@@H]1Cc2ccccc2CN1C(=O)[C@@H]1CCCN1. The van der Waals surface area contributed by atoms with Crippen LogP contribution >= 0.6 is 0 Å². The van der Waals surface area contributed by atoms with E-state index in [4.69, 9.17) is 5.73 Å². The van der Waals surface area contributed by atoms with Crippen molar-refractivity contribution >= 4 is 11.8 Å². The highest BCUT2D eigenvalue weighted by Gasteiger charge is 2.36. The van der Waals surface area contributed by atoms with Gasteiger partial charge in [-0.1, -0.05) is 24.3 Å². The first kappa shape index (κ1) is 13.1. The first-order chi connectivity index (χ1) is 9.66. The van der Waals surface area contributed by atoms with Crippen LogP contribution in [0.25, 0.3) is 0 Å². The summed E-state index contributed by atoms with van der Waals surface area (Å²) in [6, 6.07) is 7.23. The zero-order chi connectivity index (χ0) is 14.1. The number of rotatable bonds is 2. The van der Waals surface area contributed by atoms with Gasteiger partial charge in [-0.2, -0.15) is 0 Å². The van der Waals surface area contributed by atoms with Crippen LogP contribution in [0.2, 0.25) is 0 Å². The first-order valence-electron chi connectivity index (χ1n) is 7.07. The number of hydrogen-bond donors (Lipinski definition) is 2. The van der Waals surface area contributed by atoms with Crippen LogP contribution in [-0.4, -0.2) is 35.3 Å². The molecule has 0 bridgehead atoms. The summed E-state index contributed by atoms with van der Waals surface area (Å²) in [6.07, 6.45) is 2.36. The fraction of sp³-hybridized carbons (Fsp3) is 0.467. The van der Waals surface area contributed by atoms with Gasteiger partial charge in [0.2, 0.25) is 11.8 Å². The Kier molecular flexibility index (Phi) is 3.44. The second-order valence-electron chi connectivity index (χ2n) is 5.51. The van der Waals surface area contributed by atoms with Crippen LogP contribution in [-0.2, 0) is 22.6 Å². The van der Waals surface area contributed by atoms with Gasteiger partial charge in [-0.05, 0) is 30.5 Å². The summed E-state index contributed by atoms with van der Waals surface area (Å²) in [5.74, 6) is -0.424. The maximum atomic E-state index is 12.6. The number of fused-ring (bicyclic) bond motifs is 1. The monoisotopic (exact) mass is 273 g/mol. The summed E-state index contributed by atoms with van der Waals surface area (Å²) in [5.41, 5.74) is 7.72. The van der Waals surface area contributed by atoms with Gasteiger partial charge in [0.25, 0.3) is 0 Å². The molecule has 1 saturated heterocycles. The zero-order valence-electron chi connectivity index (χ0n) is 11.3. The van der Waals surface area contributed by atoms with E-state index in [0.717, 1.165) is 30.5 Å². The van der Waals surface area contributed by atoms with Crippen molar-refractivity contribution < 1.29 is 9.59 Å². The third-order valence-electron chi connectivity index (χ3n) is 4.22. The largest absolute Gasteiger partial charge is 0.368 e. The molecular weight excluding hydrogens is 254 g/mol. The summed E-state index contributed by atoms with van der Waals surface area (Å²) in [4.78, 5) is 25.9. The van der Waals surface area contributed by atoms with Crippen LogP contribution < -0.4 is 11.1 Å². The fourth-order valence-electron chi connectivity index (χ4n) is 3.10. The Labute approximate surface area is 118 Å². The molecule has 5 heteroatoms. The quantitative estimate of drug-likeness (QED) is 0.807. The van der Waals surface area contributed by atoms with Crippen LogP contribution in [0.15, 0.2) is 24.3 Å². The van der Waals surface area contributed by atoms with Crippen molar-refractivity contribution in [2.75, 3.05) is 6.54 Å². The molecule has 5 nitrogen and oxygen atoms in total. The van der Waals surface area contributed by atoms with Crippen molar-refractivity contribution in [1.29, 1.82) is 0 Å². The van der Waals surface area contributed by atoms with E-state index in [-0.39, 0.29) is 11.9 Å². The van der Waals surface area contributed by atoms with E-state index in [2.05, 4.69) is 5.32 Å². The highest BCUT2D eigenvalue weighted by Crippen LogP contribution is 2.25. The van der Waals surface area contributed by atoms with Gasteiger partial charge in [0.1, 0.15) is 6.04 Å². The van der Waals surface area contributed by atoms with E-state index >= 15 is 0 Å². The smallest absolute Gasteiger partial charge is 0.240 e. The van der Waals surface area contributed by atoms with Crippen molar-refractivity contribution in [2.45, 2.75) is 37.9 Å². The molecule has 3 N–H and O–H groups in total. The minimum atomic E-state index is -0.528. The number of hydrogen-bond acceptors (Lipinski definition) is 3. The molecule has 0 aromatic heterocycles. The minimum absolute atomic E-state index is 0.000744. The number of benzene rings is 1. The van der Waals surface area contributed by atoms with Crippen molar-refractivity contribution in [3.8, 4) is 0 Å². The molecule has 2 amide bonds. The Morgan fingerprint density at radius 1 is 1.25 bits per heavy atom. The van der Waals surface area contributed by atoms with Gasteiger partial charge in [-0.3, -0.25) is 9.59 Å². The molecule has 2 aliphatic heterocycles. The molecule has 0 saturated carbocycles. The molecule has 2 aliphatic rings. The number of nitrogens with one attached hydrogen (secondary N) is 1. The molecule has 3 rings (SSSR count). The van der Waals surface area contributed by atoms with Gasteiger partial charge < -0.3 is 16.0 Å². The Morgan fingerprint density at radius 2 is 2.00 bits per heavy atom. The minimum Gasteiger partial charge on any atom is -0.368 e. The van der Waals surface area contributed by atoms with Gasteiger partial charge in [-0.25, -0.2) is 0 Å². The van der Waals surface area contributed by atoms with E-state index in [1.54, 1.807) is 4.90 Å². The molecule has 2 atom stereocenters. The van der Waals surface area contributed by atoms with Gasteiger partial charge in [-0.15, -0.1) is 0 Å². The zero-order valence-corrected chi connectivity index (χ0v) is 11.3. The lowest BCUT2D eigenvalue weighted by Gasteiger charge is -2.36. The standard InChI is InChI=1S/C15H19N3O2/c16-14(19)13-8-10-4-1-2-5-11(10)9-18(13)15(20)12-6-3-7-17-12/h1-2,4-5,12-13,17H,3,6-9H2,(H2,16,19)/t12-,13-/m0/s1. The number of primary amides is 1. The van der Waals surface area contributed by atoms with Crippen LogP contribution in [0.3, 0.4) is 0 Å². The molecule has 20 heavy (non-hydrogen) atoms. The van der Waals surface area contributed by atoms with Crippen LogP contribution in [0, 0.1) is 0 Å². The molecule has 1 fully saturated rings. The predicted octanol–water partition coefficient (Wildman–Crippen LogP) is 0.177. The lowest BCUT2D eigenvalue weighted by Crippen LogP contribution is -2.55. The van der Waals surface area contributed by atoms with E-state index in [1.807, 2.05) is 24.3 Å². The lowest BCUT2D eigenvalue weighted by molar-refractivity contribution is -0.142. The maximum absolute atomic E-state index is 12.6. The molecule has 1 aromatic rings. The average molecular weight is 273 g/mol. The molecule has 0 spiro atoms. The molecule has 0 radical (unpaired) electrons. The van der Waals surface area contributed by atoms with E-state index < -0.39 is 11.9 Å². The summed E-state index contributed by atoms with van der Waals surface area (Å²) < 4.78 is 0. The second kappa shape index (κ2) is 5.25. The number of nitrogens with zero attached hydrogens (tertiary/aromatic N) is 1. The summed E-state index contributed by atoms with van der Waals surface area (Å²) in [7, 11) is 0. The van der Waals surface area contributed by atoms with Gasteiger partial charge in [0.15, 0.2) is 0 Å². The Hall–Kier alpha value is -1.88. The Bertz CT molecular complexity index is 538. The topological polar surface area (TPSA) is 75.4 Å². The molecule has 2 heterocycles. The van der Waals surface area contributed by atoms with E-state index in [0.29, 0.717) is 13.0 Å². The molecule has 0 unspecified atom stereocenters. The molecular formula is C15H19N3O2. The van der Waals surface area contributed by atoms with Crippen molar-refractivity contribution in [2.24, 2.45) is 5.73 Å². The predicted molar refractivity (Wildman–Crippen MR) is 74.7 cm³/mol. The summed E-state index contributed by atoms with van der Waals surface area (Å²) >= 11 is 0. The average Bonchev–Trinajstić information content (AvgIpc) is 2.99. The second-order valence-corrected chi connectivity index (χ2v) is 5.51. The van der Waals surface area contributed by atoms with Crippen LogP contribution in [0.5, 0.6) is 0 Å². The number of carbonyl (C=O) groups excluding carboxylic acids is 2. The van der Waals surface area contributed by atoms with Crippen LogP contribution in [0.1, 0.15) is 24.0 Å². The Balaban J connectivity index is 1.88. The maximum Gasteiger partial charge on any atom is 0.240 e. The van der Waals surface area contributed by atoms with Crippen molar-refractivity contribution in [3.63, 3.8) is 0 Å². The lowest BCUT2D eigenvalue weighted by atomic mass is 9.93. The third kappa shape index (κ3) is 2.29. The molecule has 106 valence electrons. The molecule has 1 aromatic carbocycles. The summed E-state index contributed by atoms with van der Waals surface area (Å²) in [6.45, 7) is 1.34.